The summed E-state index contributed by atoms with van der Waals surface area (Å²) in [7, 11) is 0. The van der Waals surface area contributed by atoms with Gasteiger partial charge in [-0.15, -0.1) is 0 Å². The highest BCUT2D eigenvalue weighted by atomic mass is 16.2. The molecule has 2 heterocycles. The molecule has 8 heteroatoms. The number of amides is 1. The van der Waals surface area contributed by atoms with Crippen molar-refractivity contribution in [2.75, 3.05) is 5.32 Å². The first kappa shape index (κ1) is 12.5. The smallest absolute Gasteiger partial charge is 0.267 e. The third kappa shape index (κ3) is 2.20. The number of aromatic amines is 1. The molecule has 0 bridgehead atoms. The average molecular weight is 274 g/mol. The molecule has 0 spiro atoms. The van der Waals surface area contributed by atoms with Crippen LogP contribution in [0.15, 0.2) is 17.2 Å². The van der Waals surface area contributed by atoms with Gasteiger partial charge in [-0.25, -0.2) is 9.78 Å². The first-order valence-electron chi connectivity index (χ1n) is 6.43. The van der Waals surface area contributed by atoms with E-state index in [1.165, 1.54) is 11.0 Å². The van der Waals surface area contributed by atoms with Crippen molar-refractivity contribution in [1.29, 1.82) is 0 Å². The van der Waals surface area contributed by atoms with Gasteiger partial charge in [0, 0.05) is 6.07 Å². The Kier molecular flexibility index (Phi) is 3.05. The van der Waals surface area contributed by atoms with E-state index in [-0.39, 0.29) is 17.4 Å². The zero-order valence-corrected chi connectivity index (χ0v) is 11.0. The predicted octanol–water partition coefficient (Wildman–Crippen LogP) is 0.0498. The molecule has 1 aliphatic rings. The van der Waals surface area contributed by atoms with Crippen LogP contribution < -0.4 is 10.9 Å². The van der Waals surface area contributed by atoms with Crippen LogP contribution in [0.5, 0.6) is 0 Å². The molecule has 0 fully saturated rings. The lowest BCUT2D eigenvalue weighted by Gasteiger charge is -2.13. The topological polar surface area (TPSA) is 106 Å². The fourth-order valence-corrected chi connectivity index (χ4v) is 2.29. The molecule has 2 aromatic heterocycles. The lowest BCUT2D eigenvalue weighted by Crippen LogP contribution is -2.34. The molecule has 0 saturated carbocycles. The molecule has 8 nitrogen and oxygen atoms in total. The van der Waals surface area contributed by atoms with Crippen molar-refractivity contribution in [3.63, 3.8) is 0 Å². The summed E-state index contributed by atoms with van der Waals surface area (Å²) in [4.78, 5) is 27.9. The Morgan fingerprint density at radius 2 is 2.35 bits per heavy atom. The number of hydrogen-bond acceptors (Lipinski definition) is 5. The third-order valence-electron chi connectivity index (χ3n) is 3.39. The number of carbonyl (C=O) groups excluding carboxylic acids is 1. The minimum atomic E-state index is -0.710. The maximum Gasteiger partial charge on any atom is 0.267 e. The summed E-state index contributed by atoms with van der Waals surface area (Å²) < 4.78 is 1.22. The molecule has 0 aliphatic heterocycles. The molecule has 0 aromatic carbocycles. The quantitative estimate of drug-likeness (QED) is 0.822. The lowest BCUT2D eigenvalue weighted by atomic mass is 10.2. The van der Waals surface area contributed by atoms with Gasteiger partial charge in [0.15, 0.2) is 0 Å². The summed E-state index contributed by atoms with van der Waals surface area (Å²) in [5.41, 5.74) is 1.64. The molecule has 0 saturated heterocycles. The highest BCUT2D eigenvalue weighted by Gasteiger charge is 2.21. The van der Waals surface area contributed by atoms with Crippen LogP contribution in [0.3, 0.4) is 0 Å². The zero-order valence-electron chi connectivity index (χ0n) is 11.0. The second-order valence-electron chi connectivity index (χ2n) is 4.75. The van der Waals surface area contributed by atoms with E-state index in [0.717, 1.165) is 30.5 Å². The number of anilines is 1. The van der Waals surface area contributed by atoms with E-state index in [2.05, 4.69) is 25.6 Å². The highest BCUT2D eigenvalue weighted by Crippen LogP contribution is 2.18. The Hall–Kier alpha value is -2.51. The van der Waals surface area contributed by atoms with Gasteiger partial charge < -0.3 is 0 Å². The maximum atomic E-state index is 12.1. The molecule has 2 aromatic rings. The van der Waals surface area contributed by atoms with Gasteiger partial charge >= 0.3 is 0 Å². The maximum absolute atomic E-state index is 12.1. The molecule has 1 aliphatic carbocycles. The first-order chi connectivity index (χ1) is 9.65. The number of aromatic nitrogens is 5. The summed E-state index contributed by atoms with van der Waals surface area (Å²) in [5, 5.41) is 13.0. The Morgan fingerprint density at radius 1 is 1.50 bits per heavy atom. The number of aryl methyl sites for hydroxylation is 2. The Balaban J connectivity index is 1.85. The van der Waals surface area contributed by atoms with E-state index in [9.17, 15) is 9.59 Å². The van der Waals surface area contributed by atoms with Gasteiger partial charge in [0.25, 0.3) is 11.5 Å². The molecule has 2 N–H and O–H groups in total. The van der Waals surface area contributed by atoms with Crippen LogP contribution in [-0.2, 0) is 17.6 Å². The van der Waals surface area contributed by atoms with E-state index in [0.29, 0.717) is 0 Å². The van der Waals surface area contributed by atoms with Gasteiger partial charge in [0.2, 0.25) is 5.95 Å². The number of rotatable bonds is 3. The monoisotopic (exact) mass is 274 g/mol. The Morgan fingerprint density at radius 3 is 3.10 bits per heavy atom. The van der Waals surface area contributed by atoms with Gasteiger partial charge in [-0.3, -0.25) is 14.9 Å². The fourth-order valence-electron chi connectivity index (χ4n) is 2.29. The normalized spacial score (nSPS) is 14.8. The summed E-state index contributed by atoms with van der Waals surface area (Å²) in [6, 6.07) is 0.867. The van der Waals surface area contributed by atoms with E-state index in [1.807, 2.05) is 0 Å². The Bertz CT molecular complexity index is 690. The SMILES string of the molecule is CC(C(=O)Nc1ncn[nH]1)n1nc2c(cc1=O)CCC2. The summed E-state index contributed by atoms with van der Waals surface area (Å²) in [6.45, 7) is 1.63. The average Bonchev–Trinajstić information content (AvgIpc) is 3.07. The second-order valence-corrected chi connectivity index (χ2v) is 4.75. The van der Waals surface area contributed by atoms with Crippen LogP contribution in [0.4, 0.5) is 5.95 Å². The van der Waals surface area contributed by atoms with E-state index in [1.54, 1.807) is 13.0 Å². The van der Waals surface area contributed by atoms with Crippen molar-refractivity contribution in [1.82, 2.24) is 25.0 Å². The summed E-state index contributed by atoms with van der Waals surface area (Å²) >= 11 is 0. The van der Waals surface area contributed by atoms with Crippen molar-refractivity contribution in [2.24, 2.45) is 0 Å². The number of carbonyl (C=O) groups is 1. The molecule has 3 rings (SSSR count). The standard InChI is InChI=1S/C12H14N6O2/c1-7(11(20)15-12-13-6-14-16-12)18-10(19)5-8-3-2-4-9(8)17-18/h5-7H,2-4H2,1H3,(H2,13,14,15,16,20). The molecule has 20 heavy (non-hydrogen) atoms. The summed E-state index contributed by atoms with van der Waals surface area (Å²) in [5.74, 6) is -0.120. The molecular formula is C12H14N6O2. The van der Waals surface area contributed by atoms with Crippen LogP contribution in [0.2, 0.25) is 0 Å². The van der Waals surface area contributed by atoms with Crippen LogP contribution in [0.25, 0.3) is 0 Å². The number of nitrogens with zero attached hydrogens (tertiary/aromatic N) is 4. The van der Waals surface area contributed by atoms with Gasteiger partial charge in [-0.1, -0.05) is 0 Å². The minimum Gasteiger partial charge on any atom is -0.293 e. The van der Waals surface area contributed by atoms with Crippen LogP contribution in [0, 0.1) is 0 Å². The highest BCUT2D eigenvalue weighted by molar-refractivity contribution is 5.91. The van der Waals surface area contributed by atoms with E-state index < -0.39 is 6.04 Å². The van der Waals surface area contributed by atoms with E-state index in [4.69, 9.17) is 0 Å². The molecule has 1 atom stereocenters. The van der Waals surface area contributed by atoms with Crippen molar-refractivity contribution >= 4 is 11.9 Å². The number of nitrogens with one attached hydrogen (secondary N) is 2. The molecule has 104 valence electrons. The zero-order chi connectivity index (χ0) is 14.1. The second kappa shape index (κ2) is 4.87. The van der Waals surface area contributed by atoms with Gasteiger partial charge in [0.1, 0.15) is 12.4 Å². The third-order valence-corrected chi connectivity index (χ3v) is 3.39. The predicted molar refractivity (Wildman–Crippen MR) is 70.2 cm³/mol. The molecule has 1 unspecified atom stereocenters. The molecular weight excluding hydrogens is 260 g/mol. The molecule has 1 amide bonds. The molecule has 0 radical (unpaired) electrons. The number of H-pyrrole nitrogens is 1. The Labute approximate surface area is 114 Å². The minimum absolute atomic E-state index is 0.246. The van der Waals surface area contributed by atoms with Crippen molar-refractivity contribution < 1.29 is 4.79 Å². The van der Waals surface area contributed by atoms with E-state index >= 15 is 0 Å². The fraction of sp³-hybridized carbons (Fsp3) is 0.417. The van der Waals surface area contributed by atoms with Crippen molar-refractivity contribution in [3.8, 4) is 0 Å². The van der Waals surface area contributed by atoms with Crippen molar-refractivity contribution in [2.45, 2.75) is 32.2 Å². The van der Waals surface area contributed by atoms with Crippen LogP contribution in [-0.4, -0.2) is 30.9 Å². The van der Waals surface area contributed by atoms with Crippen molar-refractivity contribution in [3.05, 3.63) is 34.0 Å². The van der Waals surface area contributed by atoms with Crippen LogP contribution >= 0.6 is 0 Å². The first-order valence-corrected chi connectivity index (χ1v) is 6.43. The largest absolute Gasteiger partial charge is 0.293 e. The van der Waals surface area contributed by atoms with Gasteiger partial charge in [-0.2, -0.15) is 15.2 Å². The van der Waals surface area contributed by atoms with Gasteiger partial charge in [0.05, 0.1) is 5.69 Å². The summed E-state index contributed by atoms with van der Waals surface area (Å²) in [6.07, 6.45) is 4.04. The lowest BCUT2D eigenvalue weighted by molar-refractivity contribution is -0.119. The van der Waals surface area contributed by atoms with Gasteiger partial charge in [-0.05, 0) is 31.7 Å². The number of hydrogen-bond donors (Lipinski definition) is 2. The number of fused-ring (bicyclic) bond motifs is 1. The van der Waals surface area contributed by atoms with Crippen LogP contribution in [0.1, 0.15) is 30.6 Å².